The molecule has 0 unspecified atom stereocenters. The van der Waals surface area contributed by atoms with Gasteiger partial charge < -0.3 is 14.6 Å². The average Bonchev–Trinajstić information content (AvgIpc) is 2.91. The minimum Gasteiger partial charge on any atom is -0.493 e. The molecule has 1 N–H and O–H groups in total. The summed E-state index contributed by atoms with van der Waals surface area (Å²) in [5.41, 5.74) is 2.28. The lowest BCUT2D eigenvalue weighted by molar-refractivity contribution is 0.101. The van der Waals surface area contributed by atoms with Crippen molar-refractivity contribution >= 4 is 11.3 Å². The SMILES string of the molecule is CC[C@@H](O)CN1CCOc2c(cc(-c3ccc(C)s3)cc2OC)C1. The Morgan fingerprint density at radius 2 is 2.21 bits per heavy atom. The van der Waals surface area contributed by atoms with Gasteiger partial charge in [0.2, 0.25) is 0 Å². The molecular formula is C19H25NO3S. The van der Waals surface area contributed by atoms with E-state index >= 15 is 0 Å². The number of aliphatic hydroxyl groups is 1. The lowest BCUT2D eigenvalue weighted by Gasteiger charge is -2.22. The second-order valence-corrected chi connectivity index (χ2v) is 7.51. The maximum Gasteiger partial charge on any atom is 0.165 e. The highest BCUT2D eigenvalue weighted by molar-refractivity contribution is 7.15. The van der Waals surface area contributed by atoms with E-state index < -0.39 is 0 Å². The molecule has 0 radical (unpaired) electrons. The molecule has 130 valence electrons. The highest BCUT2D eigenvalue weighted by Gasteiger charge is 2.22. The normalized spacial score (nSPS) is 16.2. The quantitative estimate of drug-likeness (QED) is 0.895. The molecule has 0 spiro atoms. The molecule has 4 nitrogen and oxygen atoms in total. The van der Waals surface area contributed by atoms with Gasteiger partial charge in [-0.3, -0.25) is 4.90 Å². The Bertz CT molecular complexity index is 698. The number of β-amino-alcohol motifs (C(OH)–C–C–N with tert-alkyl or cyclic N) is 1. The third kappa shape index (κ3) is 3.74. The van der Waals surface area contributed by atoms with Crippen molar-refractivity contribution in [3.05, 3.63) is 34.7 Å². The number of aryl methyl sites for hydroxylation is 1. The van der Waals surface area contributed by atoms with Crippen LogP contribution in [0.25, 0.3) is 10.4 Å². The van der Waals surface area contributed by atoms with E-state index in [-0.39, 0.29) is 6.10 Å². The molecule has 2 heterocycles. The van der Waals surface area contributed by atoms with E-state index in [1.165, 1.54) is 9.75 Å². The zero-order valence-corrected chi connectivity index (χ0v) is 15.4. The average molecular weight is 347 g/mol. The first-order valence-corrected chi connectivity index (χ1v) is 9.23. The second kappa shape index (κ2) is 7.55. The number of ether oxygens (including phenoxy) is 2. The Labute approximate surface area is 147 Å². The number of aliphatic hydroxyl groups excluding tert-OH is 1. The molecule has 3 rings (SSSR count). The van der Waals surface area contributed by atoms with Crippen LogP contribution in [-0.2, 0) is 6.54 Å². The van der Waals surface area contributed by atoms with Crippen molar-refractivity contribution < 1.29 is 14.6 Å². The standard InChI is InChI=1S/C19H25NO3S/c1-4-16(21)12-20-7-8-23-19-15(11-20)9-14(10-17(19)22-3)18-6-5-13(2)24-18/h5-6,9-10,16,21H,4,7-8,11-12H2,1-3H3/t16-/m1/s1. The smallest absolute Gasteiger partial charge is 0.165 e. The van der Waals surface area contributed by atoms with Crippen molar-refractivity contribution in [1.82, 2.24) is 4.90 Å². The largest absolute Gasteiger partial charge is 0.493 e. The second-order valence-electron chi connectivity index (χ2n) is 6.22. The van der Waals surface area contributed by atoms with Crippen LogP contribution in [-0.4, -0.2) is 42.9 Å². The van der Waals surface area contributed by atoms with Crippen LogP contribution in [0, 0.1) is 6.92 Å². The molecule has 1 atom stereocenters. The van der Waals surface area contributed by atoms with Crippen LogP contribution in [0.1, 0.15) is 23.8 Å². The lowest BCUT2D eigenvalue weighted by Crippen LogP contribution is -2.33. The highest BCUT2D eigenvalue weighted by atomic mass is 32.1. The van der Waals surface area contributed by atoms with Gasteiger partial charge in [0.25, 0.3) is 0 Å². The zero-order chi connectivity index (χ0) is 17.1. The van der Waals surface area contributed by atoms with Crippen molar-refractivity contribution in [3.63, 3.8) is 0 Å². The number of thiophene rings is 1. The molecule has 0 fully saturated rings. The summed E-state index contributed by atoms with van der Waals surface area (Å²) >= 11 is 1.78. The minimum atomic E-state index is -0.295. The number of methoxy groups -OCH3 is 1. The Hall–Kier alpha value is -1.56. The van der Waals surface area contributed by atoms with Gasteiger partial charge in [-0.2, -0.15) is 0 Å². The fraction of sp³-hybridized carbons (Fsp3) is 0.474. The molecule has 1 aliphatic heterocycles. The molecular weight excluding hydrogens is 322 g/mol. The Morgan fingerprint density at radius 1 is 1.38 bits per heavy atom. The van der Waals surface area contributed by atoms with Crippen LogP contribution in [0.5, 0.6) is 11.5 Å². The molecule has 5 heteroatoms. The van der Waals surface area contributed by atoms with Crippen molar-refractivity contribution in [3.8, 4) is 21.9 Å². The molecule has 24 heavy (non-hydrogen) atoms. The van der Waals surface area contributed by atoms with E-state index in [2.05, 4.69) is 36.1 Å². The van der Waals surface area contributed by atoms with Gasteiger partial charge in [-0.25, -0.2) is 0 Å². The van der Waals surface area contributed by atoms with Crippen LogP contribution in [0.2, 0.25) is 0 Å². The van der Waals surface area contributed by atoms with Gasteiger partial charge in [-0.1, -0.05) is 6.92 Å². The van der Waals surface area contributed by atoms with Gasteiger partial charge >= 0.3 is 0 Å². The summed E-state index contributed by atoms with van der Waals surface area (Å²) < 4.78 is 11.6. The molecule has 1 aliphatic rings. The van der Waals surface area contributed by atoms with Gasteiger partial charge in [0.15, 0.2) is 11.5 Å². The van der Waals surface area contributed by atoms with Gasteiger partial charge in [0.1, 0.15) is 6.61 Å². The van der Waals surface area contributed by atoms with Gasteiger partial charge in [-0.05, 0) is 43.2 Å². The van der Waals surface area contributed by atoms with Gasteiger partial charge in [0, 0.05) is 35.0 Å². The Kier molecular flexibility index (Phi) is 5.43. The van der Waals surface area contributed by atoms with Gasteiger partial charge in [0.05, 0.1) is 13.2 Å². The van der Waals surface area contributed by atoms with Crippen molar-refractivity contribution in [1.29, 1.82) is 0 Å². The number of nitrogens with zero attached hydrogens (tertiary/aromatic N) is 1. The molecule has 0 saturated carbocycles. The van der Waals surface area contributed by atoms with E-state index in [1.807, 2.05) is 6.92 Å². The van der Waals surface area contributed by atoms with Crippen LogP contribution < -0.4 is 9.47 Å². The van der Waals surface area contributed by atoms with Crippen molar-refractivity contribution in [2.45, 2.75) is 32.9 Å². The molecule has 1 aromatic carbocycles. The first-order chi connectivity index (χ1) is 11.6. The maximum absolute atomic E-state index is 9.98. The number of rotatable bonds is 5. The number of hydrogen-bond acceptors (Lipinski definition) is 5. The first kappa shape index (κ1) is 17.3. The van der Waals surface area contributed by atoms with Crippen LogP contribution >= 0.6 is 11.3 Å². The summed E-state index contributed by atoms with van der Waals surface area (Å²) in [6.45, 7) is 6.98. The zero-order valence-electron chi connectivity index (χ0n) is 14.5. The predicted molar refractivity (Wildman–Crippen MR) is 98.1 cm³/mol. The van der Waals surface area contributed by atoms with Crippen LogP contribution in [0.4, 0.5) is 0 Å². The number of hydrogen-bond donors (Lipinski definition) is 1. The van der Waals surface area contributed by atoms with Crippen LogP contribution in [0.15, 0.2) is 24.3 Å². The molecule has 0 aliphatic carbocycles. The van der Waals surface area contributed by atoms with Crippen molar-refractivity contribution in [2.24, 2.45) is 0 Å². The number of fused-ring (bicyclic) bond motifs is 1. The Balaban J connectivity index is 1.95. The third-order valence-corrected chi connectivity index (χ3v) is 5.41. The summed E-state index contributed by atoms with van der Waals surface area (Å²) in [4.78, 5) is 4.78. The Morgan fingerprint density at radius 3 is 2.88 bits per heavy atom. The minimum absolute atomic E-state index is 0.295. The molecule has 0 amide bonds. The summed E-state index contributed by atoms with van der Waals surface area (Å²) in [7, 11) is 1.69. The molecule has 0 bridgehead atoms. The maximum atomic E-state index is 9.98. The predicted octanol–water partition coefficient (Wildman–Crippen LogP) is 3.70. The molecule has 0 saturated heterocycles. The van der Waals surface area contributed by atoms with E-state index in [1.54, 1.807) is 18.4 Å². The molecule has 2 aromatic rings. The van der Waals surface area contributed by atoms with Gasteiger partial charge in [-0.15, -0.1) is 11.3 Å². The van der Waals surface area contributed by atoms with Crippen LogP contribution in [0.3, 0.4) is 0 Å². The lowest BCUT2D eigenvalue weighted by atomic mass is 10.1. The van der Waals surface area contributed by atoms with E-state index in [9.17, 15) is 5.11 Å². The topological polar surface area (TPSA) is 41.9 Å². The van der Waals surface area contributed by atoms with Crippen molar-refractivity contribution in [2.75, 3.05) is 26.8 Å². The summed E-state index contributed by atoms with van der Waals surface area (Å²) in [5.74, 6) is 1.62. The number of benzene rings is 1. The monoisotopic (exact) mass is 347 g/mol. The summed E-state index contributed by atoms with van der Waals surface area (Å²) in [6, 6.07) is 8.54. The van der Waals surface area contributed by atoms with E-state index in [4.69, 9.17) is 9.47 Å². The molecule has 1 aromatic heterocycles. The van der Waals surface area contributed by atoms with E-state index in [0.29, 0.717) is 13.2 Å². The highest BCUT2D eigenvalue weighted by Crippen LogP contribution is 2.40. The fourth-order valence-corrected chi connectivity index (χ4v) is 3.86. The summed E-state index contributed by atoms with van der Waals surface area (Å²) in [5, 5.41) is 9.98. The first-order valence-electron chi connectivity index (χ1n) is 8.41. The third-order valence-electron chi connectivity index (χ3n) is 4.36. The summed E-state index contributed by atoms with van der Waals surface area (Å²) in [6.07, 6.45) is 0.471. The van der Waals surface area contributed by atoms with E-state index in [0.717, 1.165) is 42.1 Å². The fourth-order valence-electron chi connectivity index (χ4n) is 3.00.